The standard InChI is InChI=1S/C23H41N5O2/c1-5-29-16-17-30-22-18-20(2)8-9-21(22)19-26-23(24-3)25-10-6-7-11-28-14-12-27(4)13-15-28/h8-9,18H,5-7,10-17,19H2,1-4H3,(H2,24,25,26). The van der Waals surface area contributed by atoms with Crippen molar-refractivity contribution in [2.75, 3.05) is 73.2 Å². The van der Waals surface area contributed by atoms with E-state index in [0.717, 1.165) is 30.2 Å². The zero-order valence-corrected chi connectivity index (χ0v) is 19.4. The van der Waals surface area contributed by atoms with Crippen LogP contribution in [0.3, 0.4) is 0 Å². The quantitative estimate of drug-likeness (QED) is 0.307. The first-order valence-electron chi connectivity index (χ1n) is 11.3. The average Bonchev–Trinajstić information content (AvgIpc) is 2.75. The molecule has 1 saturated heterocycles. The molecule has 0 aliphatic carbocycles. The first-order chi connectivity index (χ1) is 14.6. The molecule has 7 nitrogen and oxygen atoms in total. The molecule has 1 aromatic rings. The Bertz CT molecular complexity index is 630. The fourth-order valence-electron chi connectivity index (χ4n) is 3.44. The van der Waals surface area contributed by atoms with Crippen LogP contribution < -0.4 is 15.4 Å². The van der Waals surface area contributed by atoms with Gasteiger partial charge in [0.25, 0.3) is 0 Å². The molecule has 2 rings (SSSR count). The zero-order valence-electron chi connectivity index (χ0n) is 19.4. The number of benzene rings is 1. The maximum Gasteiger partial charge on any atom is 0.191 e. The first-order valence-corrected chi connectivity index (χ1v) is 11.3. The van der Waals surface area contributed by atoms with E-state index in [-0.39, 0.29) is 0 Å². The summed E-state index contributed by atoms with van der Waals surface area (Å²) in [5.41, 5.74) is 2.31. The van der Waals surface area contributed by atoms with Gasteiger partial charge in [0.05, 0.1) is 6.61 Å². The third kappa shape index (κ3) is 9.32. The number of likely N-dealkylation sites (N-methyl/N-ethyl adjacent to an activating group) is 1. The summed E-state index contributed by atoms with van der Waals surface area (Å²) in [5, 5.41) is 6.83. The summed E-state index contributed by atoms with van der Waals surface area (Å²) in [7, 11) is 4.01. The summed E-state index contributed by atoms with van der Waals surface area (Å²) >= 11 is 0. The summed E-state index contributed by atoms with van der Waals surface area (Å²) in [6.07, 6.45) is 2.35. The van der Waals surface area contributed by atoms with Crippen LogP contribution in [-0.2, 0) is 11.3 Å². The maximum atomic E-state index is 5.93. The van der Waals surface area contributed by atoms with E-state index in [0.29, 0.717) is 26.4 Å². The molecule has 0 spiro atoms. The second kappa shape index (κ2) is 14.2. The van der Waals surface area contributed by atoms with Crippen LogP contribution >= 0.6 is 0 Å². The van der Waals surface area contributed by atoms with Crippen molar-refractivity contribution < 1.29 is 9.47 Å². The van der Waals surface area contributed by atoms with E-state index < -0.39 is 0 Å². The van der Waals surface area contributed by atoms with Crippen LogP contribution in [0.15, 0.2) is 23.2 Å². The third-order valence-electron chi connectivity index (χ3n) is 5.37. The van der Waals surface area contributed by atoms with Gasteiger partial charge in [0, 0.05) is 58.5 Å². The fourth-order valence-corrected chi connectivity index (χ4v) is 3.44. The van der Waals surface area contributed by atoms with E-state index in [4.69, 9.17) is 9.47 Å². The second-order valence-corrected chi connectivity index (χ2v) is 7.86. The minimum Gasteiger partial charge on any atom is -0.491 e. The molecule has 1 heterocycles. The van der Waals surface area contributed by atoms with Crippen LogP contribution in [-0.4, -0.2) is 88.9 Å². The molecule has 1 aliphatic heterocycles. The number of hydrogen-bond donors (Lipinski definition) is 2. The molecule has 30 heavy (non-hydrogen) atoms. The van der Waals surface area contributed by atoms with Crippen LogP contribution in [0.1, 0.15) is 30.9 Å². The van der Waals surface area contributed by atoms with E-state index in [1.165, 1.54) is 44.7 Å². The lowest BCUT2D eigenvalue weighted by atomic mass is 10.1. The smallest absolute Gasteiger partial charge is 0.191 e. The predicted octanol–water partition coefficient (Wildman–Crippen LogP) is 2.10. The molecule has 0 radical (unpaired) electrons. The number of ether oxygens (including phenoxy) is 2. The number of nitrogens with one attached hydrogen (secondary N) is 2. The number of aryl methyl sites for hydroxylation is 1. The summed E-state index contributed by atoms with van der Waals surface area (Å²) in [6, 6.07) is 6.31. The number of nitrogens with zero attached hydrogens (tertiary/aromatic N) is 3. The molecule has 0 unspecified atom stereocenters. The Kier molecular flexibility index (Phi) is 11.6. The lowest BCUT2D eigenvalue weighted by Gasteiger charge is -2.32. The lowest BCUT2D eigenvalue weighted by molar-refractivity contribution is 0.110. The Morgan fingerprint density at radius 1 is 1.10 bits per heavy atom. The predicted molar refractivity (Wildman–Crippen MR) is 125 cm³/mol. The molecule has 0 saturated carbocycles. The number of guanidine groups is 1. The topological polar surface area (TPSA) is 61.4 Å². The molecule has 0 aromatic heterocycles. The monoisotopic (exact) mass is 419 g/mol. The van der Waals surface area contributed by atoms with Crippen LogP contribution in [0, 0.1) is 6.92 Å². The third-order valence-corrected chi connectivity index (χ3v) is 5.37. The molecule has 1 fully saturated rings. The van der Waals surface area contributed by atoms with Crippen molar-refractivity contribution in [3.63, 3.8) is 0 Å². The van der Waals surface area contributed by atoms with Crippen molar-refractivity contribution in [2.45, 2.75) is 33.2 Å². The number of piperazine rings is 1. The highest BCUT2D eigenvalue weighted by Gasteiger charge is 2.12. The SMILES string of the molecule is CCOCCOc1cc(C)ccc1CNC(=NC)NCCCCN1CCN(C)CC1. The van der Waals surface area contributed by atoms with Crippen molar-refractivity contribution in [2.24, 2.45) is 4.99 Å². The first kappa shape index (κ1) is 24.4. The fraction of sp³-hybridized carbons (Fsp3) is 0.696. The molecular formula is C23H41N5O2. The molecule has 0 amide bonds. The van der Waals surface area contributed by atoms with Gasteiger partial charge in [-0.1, -0.05) is 12.1 Å². The Hall–Kier alpha value is -1.83. The van der Waals surface area contributed by atoms with Gasteiger partial charge in [-0.15, -0.1) is 0 Å². The molecule has 7 heteroatoms. The molecule has 0 bridgehead atoms. The summed E-state index contributed by atoms with van der Waals surface area (Å²) in [5.74, 6) is 1.74. The van der Waals surface area contributed by atoms with Gasteiger partial charge in [-0.3, -0.25) is 4.99 Å². The molecule has 170 valence electrons. The minimum absolute atomic E-state index is 0.560. The minimum atomic E-state index is 0.560. The largest absolute Gasteiger partial charge is 0.491 e. The van der Waals surface area contributed by atoms with Gasteiger partial charge < -0.3 is 29.9 Å². The van der Waals surface area contributed by atoms with E-state index >= 15 is 0 Å². The highest BCUT2D eigenvalue weighted by molar-refractivity contribution is 5.79. The summed E-state index contributed by atoms with van der Waals surface area (Å²) in [6.45, 7) is 13.5. The molecule has 0 atom stereocenters. The molecule has 2 N–H and O–H groups in total. The van der Waals surface area contributed by atoms with Crippen molar-refractivity contribution in [1.29, 1.82) is 0 Å². The normalized spacial score (nSPS) is 15.9. The van der Waals surface area contributed by atoms with E-state index in [1.54, 1.807) is 0 Å². The molecular weight excluding hydrogens is 378 g/mol. The maximum absolute atomic E-state index is 5.93. The second-order valence-electron chi connectivity index (χ2n) is 7.86. The number of rotatable bonds is 12. The van der Waals surface area contributed by atoms with Gasteiger partial charge in [-0.2, -0.15) is 0 Å². The highest BCUT2D eigenvalue weighted by atomic mass is 16.5. The van der Waals surface area contributed by atoms with E-state index in [2.05, 4.69) is 57.6 Å². The number of aliphatic imine (C=N–C) groups is 1. The summed E-state index contributed by atoms with van der Waals surface area (Å²) < 4.78 is 11.3. The number of unbranched alkanes of at least 4 members (excludes halogenated alkanes) is 1. The van der Waals surface area contributed by atoms with Gasteiger partial charge in [-0.25, -0.2) is 0 Å². The zero-order chi connectivity index (χ0) is 21.6. The van der Waals surface area contributed by atoms with Gasteiger partial charge in [0.2, 0.25) is 0 Å². The van der Waals surface area contributed by atoms with Gasteiger partial charge in [0.15, 0.2) is 5.96 Å². The van der Waals surface area contributed by atoms with Crippen molar-refractivity contribution in [1.82, 2.24) is 20.4 Å². The molecule has 1 aliphatic rings. The van der Waals surface area contributed by atoms with Crippen molar-refractivity contribution >= 4 is 5.96 Å². The lowest BCUT2D eigenvalue weighted by Crippen LogP contribution is -2.44. The molecule has 1 aromatic carbocycles. The van der Waals surface area contributed by atoms with Crippen LogP contribution in [0.4, 0.5) is 0 Å². The van der Waals surface area contributed by atoms with Crippen molar-refractivity contribution in [3.05, 3.63) is 29.3 Å². The van der Waals surface area contributed by atoms with Crippen molar-refractivity contribution in [3.8, 4) is 5.75 Å². The Balaban J connectivity index is 1.68. The van der Waals surface area contributed by atoms with Crippen LogP contribution in [0.5, 0.6) is 5.75 Å². The Morgan fingerprint density at radius 3 is 2.63 bits per heavy atom. The van der Waals surface area contributed by atoms with E-state index in [1.807, 2.05) is 14.0 Å². The summed E-state index contributed by atoms with van der Waals surface area (Å²) in [4.78, 5) is 9.32. The van der Waals surface area contributed by atoms with Crippen LogP contribution in [0.25, 0.3) is 0 Å². The van der Waals surface area contributed by atoms with Crippen LogP contribution in [0.2, 0.25) is 0 Å². The van der Waals surface area contributed by atoms with Gasteiger partial charge in [0.1, 0.15) is 12.4 Å². The Morgan fingerprint density at radius 2 is 1.90 bits per heavy atom. The Labute approximate surface area is 182 Å². The van der Waals surface area contributed by atoms with Gasteiger partial charge >= 0.3 is 0 Å². The number of hydrogen-bond acceptors (Lipinski definition) is 5. The highest BCUT2D eigenvalue weighted by Crippen LogP contribution is 2.20. The van der Waals surface area contributed by atoms with E-state index in [9.17, 15) is 0 Å². The average molecular weight is 420 g/mol. The van der Waals surface area contributed by atoms with Gasteiger partial charge in [-0.05, 0) is 51.9 Å².